The summed E-state index contributed by atoms with van der Waals surface area (Å²) in [6.07, 6.45) is 1.72. The third-order valence-corrected chi connectivity index (χ3v) is 7.95. The molecule has 19 heavy (non-hydrogen) atoms. The number of carbonyl (C=O) groups excluding carboxylic acids is 1. The third kappa shape index (κ3) is 2.20. The molecule has 0 heterocycles. The molecule has 2 aliphatic carbocycles. The van der Waals surface area contributed by atoms with Gasteiger partial charge in [-0.3, -0.25) is 4.79 Å². The standard InChI is InChI=1S/C13H22BrNO3S/c1-8(2)15-19(17,18)7-13(4)9-5-6-12(13,3)11(16)10(9)14/h8-10,15H,5-7H2,1-4H3/t9-,10+,12+,13-/m0/s1. The van der Waals surface area contributed by atoms with Crippen molar-refractivity contribution < 1.29 is 13.2 Å². The zero-order chi connectivity index (χ0) is 14.6. The number of alkyl halides is 1. The summed E-state index contributed by atoms with van der Waals surface area (Å²) in [6, 6.07) is -0.115. The number of sulfonamides is 1. The fraction of sp³-hybridized carbons (Fsp3) is 0.923. The molecule has 0 aliphatic heterocycles. The van der Waals surface area contributed by atoms with Crippen LogP contribution < -0.4 is 4.72 Å². The Bertz CT molecular complexity index is 504. The molecule has 0 aromatic carbocycles. The fourth-order valence-electron chi connectivity index (χ4n) is 3.88. The molecule has 2 fully saturated rings. The van der Waals surface area contributed by atoms with Crippen molar-refractivity contribution in [3.05, 3.63) is 0 Å². The second-order valence-corrected chi connectivity index (χ2v) is 9.43. The summed E-state index contributed by atoms with van der Waals surface area (Å²) in [5, 5.41) is 0. The van der Waals surface area contributed by atoms with Gasteiger partial charge in [0, 0.05) is 11.5 Å². The van der Waals surface area contributed by atoms with Crippen molar-refractivity contribution in [2.75, 3.05) is 5.75 Å². The minimum Gasteiger partial charge on any atom is -0.298 e. The van der Waals surface area contributed by atoms with Crippen molar-refractivity contribution in [2.45, 2.75) is 51.4 Å². The van der Waals surface area contributed by atoms with Gasteiger partial charge in [-0.25, -0.2) is 13.1 Å². The highest BCUT2D eigenvalue weighted by atomic mass is 79.9. The van der Waals surface area contributed by atoms with Crippen LogP contribution in [0.2, 0.25) is 0 Å². The Labute approximate surface area is 123 Å². The number of fused-ring (bicyclic) bond motifs is 2. The highest BCUT2D eigenvalue weighted by Crippen LogP contribution is 2.65. The molecule has 110 valence electrons. The van der Waals surface area contributed by atoms with Gasteiger partial charge < -0.3 is 0 Å². The number of carbonyl (C=O) groups is 1. The molecule has 2 bridgehead atoms. The van der Waals surface area contributed by atoms with Gasteiger partial charge in [0.2, 0.25) is 10.0 Å². The van der Waals surface area contributed by atoms with Crippen LogP contribution in [-0.4, -0.2) is 30.8 Å². The summed E-state index contributed by atoms with van der Waals surface area (Å²) in [7, 11) is -3.36. The van der Waals surface area contributed by atoms with Crippen LogP contribution in [0.1, 0.15) is 40.5 Å². The maximum atomic E-state index is 12.4. The number of nitrogens with one attached hydrogen (secondary N) is 1. The molecule has 0 radical (unpaired) electrons. The first-order valence-corrected chi connectivity index (χ1v) is 9.29. The average Bonchev–Trinajstić information content (AvgIpc) is 2.52. The van der Waals surface area contributed by atoms with E-state index in [2.05, 4.69) is 20.7 Å². The van der Waals surface area contributed by atoms with Gasteiger partial charge in [-0.05, 0) is 38.0 Å². The van der Waals surface area contributed by atoms with Crippen molar-refractivity contribution in [3.8, 4) is 0 Å². The van der Waals surface area contributed by atoms with Gasteiger partial charge in [-0.2, -0.15) is 0 Å². The molecule has 2 aliphatic rings. The Morgan fingerprint density at radius 2 is 2.00 bits per heavy atom. The van der Waals surface area contributed by atoms with E-state index in [-0.39, 0.29) is 28.3 Å². The summed E-state index contributed by atoms with van der Waals surface area (Å²) in [5.41, 5.74) is -0.990. The predicted octanol–water partition coefficient (Wildman–Crippen LogP) is 2.08. The molecule has 0 spiro atoms. The second kappa shape index (κ2) is 4.53. The molecule has 2 rings (SSSR count). The molecular weight excluding hydrogens is 330 g/mol. The van der Waals surface area contributed by atoms with E-state index in [1.807, 2.05) is 27.7 Å². The Morgan fingerprint density at radius 3 is 2.42 bits per heavy atom. The quantitative estimate of drug-likeness (QED) is 0.788. The molecule has 6 heteroatoms. The lowest BCUT2D eigenvalue weighted by atomic mass is 9.70. The Hall–Kier alpha value is 0.0600. The molecule has 0 unspecified atom stereocenters. The minimum atomic E-state index is -3.36. The summed E-state index contributed by atoms with van der Waals surface area (Å²) in [4.78, 5) is 12.2. The molecule has 4 atom stereocenters. The molecular formula is C13H22BrNO3S. The van der Waals surface area contributed by atoms with E-state index >= 15 is 0 Å². The zero-order valence-electron chi connectivity index (χ0n) is 11.9. The van der Waals surface area contributed by atoms with Gasteiger partial charge in [-0.15, -0.1) is 0 Å². The molecule has 1 N–H and O–H groups in total. The van der Waals surface area contributed by atoms with Crippen molar-refractivity contribution >= 4 is 31.7 Å². The molecule has 0 amide bonds. The lowest BCUT2D eigenvalue weighted by Gasteiger charge is -2.36. The van der Waals surface area contributed by atoms with Crippen LogP contribution in [0.3, 0.4) is 0 Å². The molecule has 0 aromatic rings. The summed E-state index contributed by atoms with van der Waals surface area (Å²) >= 11 is 3.47. The van der Waals surface area contributed by atoms with Crippen LogP contribution in [0.25, 0.3) is 0 Å². The van der Waals surface area contributed by atoms with E-state index in [1.54, 1.807) is 0 Å². The topological polar surface area (TPSA) is 63.2 Å². The second-order valence-electron chi connectivity index (χ2n) is 6.69. The van der Waals surface area contributed by atoms with E-state index < -0.39 is 20.9 Å². The summed E-state index contributed by atoms with van der Waals surface area (Å²) < 4.78 is 27.1. The first kappa shape index (κ1) is 15.4. The smallest absolute Gasteiger partial charge is 0.212 e. The fourth-order valence-corrected chi connectivity index (χ4v) is 7.36. The number of rotatable bonds is 4. The number of Topliss-reactive ketones (excluding diaryl/α,β-unsaturated/α-hetero) is 1. The summed E-state index contributed by atoms with van der Waals surface area (Å²) in [5.74, 6) is 0.326. The molecule has 0 saturated heterocycles. The SMILES string of the molecule is CC(C)NS(=O)(=O)C[C@@]1(C)[C@H]2CC[C@]1(C)C(=O)[C@@H]2Br. The molecule has 0 aromatic heterocycles. The molecule has 2 saturated carbocycles. The lowest BCUT2D eigenvalue weighted by molar-refractivity contribution is -0.127. The number of hydrogen-bond acceptors (Lipinski definition) is 3. The van der Waals surface area contributed by atoms with E-state index in [0.717, 1.165) is 12.8 Å². The lowest BCUT2D eigenvalue weighted by Crippen LogP contribution is -2.45. The van der Waals surface area contributed by atoms with Gasteiger partial charge in [0.25, 0.3) is 0 Å². The first-order valence-electron chi connectivity index (χ1n) is 6.72. The normalized spacial score (nSPS) is 42.3. The first-order chi connectivity index (χ1) is 8.53. The average molecular weight is 352 g/mol. The largest absolute Gasteiger partial charge is 0.298 e. The highest BCUT2D eigenvalue weighted by Gasteiger charge is 2.68. The predicted molar refractivity (Wildman–Crippen MR) is 78.7 cm³/mol. The summed E-state index contributed by atoms with van der Waals surface area (Å²) in [6.45, 7) is 7.51. The van der Waals surface area contributed by atoms with Gasteiger partial charge in [0.15, 0.2) is 5.78 Å². The number of ketones is 1. The van der Waals surface area contributed by atoms with Crippen LogP contribution in [0.5, 0.6) is 0 Å². The third-order valence-electron chi connectivity index (χ3n) is 5.09. The monoisotopic (exact) mass is 351 g/mol. The van der Waals surface area contributed by atoms with E-state index in [9.17, 15) is 13.2 Å². The number of halogens is 1. The van der Waals surface area contributed by atoms with E-state index in [4.69, 9.17) is 0 Å². The van der Waals surface area contributed by atoms with E-state index in [0.29, 0.717) is 0 Å². The van der Waals surface area contributed by atoms with Crippen LogP contribution >= 0.6 is 15.9 Å². The van der Waals surface area contributed by atoms with Crippen LogP contribution in [0.15, 0.2) is 0 Å². The van der Waals surface area contributed by atoms with Crippen molar-refractivity contribution in [1.29, 1.82) is 0 Å². The van der Waals surface area contributed by atoms with Gasteiger partial charge in [-0.1, -0.05) is 29.8 Å². The van der Waals surface area contributed by atoms with Crippen LogP contribution in [0, 0.1) is 16.7 Å². The van der Waals surface area contributed by atoms with Crippen LogP contribution in [0.4, 0.5) is 0 Å². The Balaban J connectivity index is 2.32. The molecule has 4 nitrogen and oxygen atoms in total. The minimum absolute atomic E-state index is 0.0349. The number of hydrogen-bond donors (Lipinski definition) is 1. The van der Waals surface area contributed by atoms with Crippen molar-refractivity contribution in [3.63, 3.8) is 0 Å². The van der Waals surface area contributed by atoms with E-state index in [1.165, 1.54) is 0 Å². The van der Waals surface area contributed by atoms with Crippen molar-refractivity contribution in [2.24, 2.45) is 16.7 Å². The zero-order valence-corrected chi connectivity index (χ0v) is 14.3. The van der Waals surface area contributed by atoms with Crippen LogP contribution in [-0.2, 0) is 14.8 Å². The maximum Gasteiger partial charge on any atom is 0.212 e. The Morgan fingerprint density at radius 1 is 1.42 bits per heavy atom. The van der Waals surface area contributed by atoms with Gasteiger partial charge in [0.05, 0.1) is 10.6 Å². The maximum absolute atomic E-state index is 12.4. The van der Waals surface area contributed by atoms with Gasteiger partial charge in [0.1, 0.15) is 0 Å². The Kier molecular flexibility index (Phi) is 3.68. The van der Waals surface area contributed by atoms with Gasteiger partial charge >= 0.3 is 0 Å². The van der Waals surface area contributed by atoms with Crippen molar-refractivity contribution in [1.82, 2.24) is 4.72 Å². The highest BCUT2D eigenvalue weighted by molar-refractivity contribution is 9.10.